The summed E-state index contributed by atoms with van der Waals surface area (Å²) in [6.07, 6.45) is -4.33. The average molecular weight is 248 g/mol. The Balaban J connectivity index is 2.64. The summed E-state index contributed by atoms with van der Waals surface area (Å²) in [7, 11) is 0. The number of alkyl halides is 3. The van der Waals surface area contributed by atoms with Crippen molar-refractivity contribution in [2.75, 3.05) is 13.2 Å². The van der Waals surface area contributed by atoms with Crippen molar-refractivity contribution in [3.05, 3.63) is 29.8 Å². The Kier molecular flexibility index (Phi) is 4.03. The van der Waals surface area contributed by atoms with E-state index in [0.29, 0.717) is 5.75 Å². The van der Waals surface area contributed by atoms with Crippen LogP contribution in [0.4, 0.5) is 13.2 Å². The standard InChI is InChI=1S/C12H15F3O2/c1-11(2,7-16)8-17-10-5-3-9(4-6-10)12(13,14)15/h3-6,16H,7-8H2,1-2H3. The topological polar surface area (TPSA) is 29.5 Å². The summed E-state index contributed by atoms with van der Waals surface area (Å²) in [4.78, 5) is 0. The first-order valence-electron chi connectivity index (χ1n) is 5.15. The Morgan fingerprint density at radius 1 is 1.12 bits per heavy atom. The highest BCUT2D eigenvalue weighted by Gasteiger charge is 2.30. The van der Waals surface area contributed by atoms with Crippen molar-refractivity contribution in [3.8, 4) is 5.75 Å². The number of ether oxygens (including phenoxy) is 1. The van der Waals surface area contributed by atoms with Crippen LogP contribution in [0.1, 0.15) is 19.4 Å². The van der Waals surface area contributed by atoms with Gasteiger partial charge in [-0.3, -0.25) is 0 Å². The Morgan fingerprint density at radius 2 is 1.65 bits per heavy atom. The van der Waals surface area contributed by atoms with E-state index in [1.807, 2.05) is 0 Å². The summed E-state index contributed by atoms with van der Waals surface area (Å²) in [5, 5.41) is 8.99. The minimum Gasteiger partial charge on any atom is -0.493 e. The highest BCUT2D eigenvalue weighted by molar-refractivity contribution is 5.28. The van der Waals surface area contributed by atoms with Crippen molar-refractivity contribution in [2.45, 2.75) is 20.0 Å². The van der Waals surface area contributed by atoms with E-state index in [2.05, 4.69) is 0 Å². The first kappa shape index (κ1) is 13.8. The first-order valence-corrected chi connectivity index (χ1v) is 5.15. The van der Waals surface area contributed by atoms with Crippen molar-refractivity contribution in [1.82, 2.24) is 0 Å². The lowest BCUT2D eigenvalue weighted by Crippen LogP contribution is -2.25. The molecule has 5 heteroatoms. The molecule has 0 atom stereocenters. The van der Waals surface area contributed by atoms with Gasteiger partial charge in [-0.25, -0.2) is 0 Å². The lowest BCUT2D eigenvalue weighted by molar-refractivity contribution is -0.137. The van der Waals surface area contributed by atoms with Gasteiger partial charge in [0.15, 0.2) is 0 Å². The van der Waals surface area contributed by atoms with E-state index in [1.165, 1.54) is 12.1 Å². The number of hydrogen-bond donors (Lipinski definition) is 1. The van der Waals surface area contributed by atoms with Gasteiger partial charge in [-0.15, -0.1) is 0 Å². The SMILES string of the molecule is CC(C)(CO)COc1ccc(C(F)(F)F)cc1. The fraction of sp³-hybridized carbons (Fsp3) is 0.500. The smallest absolute Gasteiger partial charge is 0.416 e. The van der Waals surface area contributed by atoms with Gasteiger partial charge in [0.1, 0.15) is 5.75 Å². The minimum atomic E-state index is -4.33. The zero-order valence-corrected chi connectivity index (χ0v) is 9.71. The summed E-state index contributed by atoms with van der Waals surface area (Å²) < 4.78 is 42.1. The molecule has 1 aromatic rings. The molecule has 0 heterocycles. The molecule has 0 unspecified atom stereocenters. The van der Waals surface area contributed by atoms with Crippen molar-refractivity contribution in [1.29, 1.82) is 0 Å². The van der Waals surface area contributed by atoms with Gasteiger partial charge in [0.25, 0.3) is 0 Å². The third-order valence-electron chi connectivity index (χ3n) is 2.24. The van der Waals surface area contributed by atoms with Crippen LogP contribution in [0.3, 0.4) is 0 Å². The predicted octanol–water partition coefficient (Wildman–Crippen LogP) is 3.10. The molecule has 0 radical (unpaired) electrons. The second-order valence-electron chi connectivity index (χ2n) is 4.63. The summed E-state index contributed by atoms with van der Waals surface area (Å²) in [6, 6.07) is 4.50. The molecule has 0 saturated carbocycles. The third-order valence-corrected chi connectivity index (χ3v) is 2.24. The number of aliphatic hydroxyl groups excluding tert-OH is 1. The quantitative estimate of drug-likeness (QED) is 0.887. The molecule has 1 aromatic carbocycles. The predicted molar refractivity (Wildman–Crippen MR) is 57.8 cm³/mol. The Morgan fingerprint density at radius 3 is 2.06 bits per heavy atom. The van der Waals surface area contributed by atoms with Gasteiger partial charge in [0, 0.05) is 5.41 Å². The van der Waals surface area contributed by atoms with Crippen LogP contribution in [0.2, 0.25) is 0 Å². The number of aliphatic hydroxyl groups is 1. The van der Waals surface area contributed by atoms with Crippen molar-refractivity contribution >= 4 is 0 Å². The molecule has 0 aliphatic heterocycles. The zero-order valence-electron chi connectivity index (χ0n) is 9.71. The van der Waals surface area contributed by atoms with E-state index in [4.69, 9.17) is 9.84 Å². The number of hydrogen-bond acceptors (Lipinski definition) is 2. The first-order chi connectivity index (χ1) is 7.74. The number of benzene rings is 1. The Hall–Kier alpha value is -1.23. The van der Waals surface area contributed by atoms with E-state index in [-0.39, 0.29) is 13.2 Å². The van der Waals surface area contributed by atoms with Gasteiger partial charge in [-0.1, -0.05) is 13.8 Å². The molecule has 2 nitrogen and oxygen atoms in total. The molecule has 0 aliphatic carbocycles. The van der Waals surface area contributed by atoms with Crippen molar-refractivity contribution in [2.24, 2.45) is 5.41 Å². The molecule has 1 rings (SSSR count). The molecule has 96 valence electrons. The largest absolute Gasteiger partial charge is 0.493 e. The maximum atomic E-state index is 12.3. The maximum Gasteiger partial charge on any atom is 0.416 e. The molecule has 0 spiro atoms. The fourth-order valence-electron chi connectivity index (χ4n) is 1.06. The molecule has 0 aliphatic rings. The third kappa shape index (κ3) is 4.26. The second kappa shape index (κ2) is 4.96. The molecular formula is C12H15F3O2. The molecule has 0 amide bonds. The molecule has 17 heavy (non-hydrogen) atoms. The Bertz CT molecular complexity index is 355. The van der Waals surface area contributed by atoms with Crippen LogP contribution in [0.15, 0.2) is 24.3 Å². The maximum absolute atomic E-state index is 12.3. The van der Waals surface area contributed by atoms with Crippen molar-refractivity contribution < 1.29 is 23.0 Å². The van der Waals surface area contributed by atoms with Gasteiger partial charge in [0.2, 0.25) is 0 Å². The number of halogens is 3. The summed E-state index contributed by atoms with van der Waals surface area (Å²) in [6.45, 7) is 3.80. The molecule has 0 aromatic heterocycles. The zero-order chi connectivity index (χ0) is 13.1. The van der Waals surface area contributed by atoms with Gasteiger partial charge >= 0.3 is 6.18 Å². The van der Waals surface area contributed by atoms with Crippen LogP contribution in [0.5, 0.6) is 5.75 Å². The van der Waals surface area contributed by atoms with Gasteiger partial charge in [0.05, 0.1) is 18.8 Å². The Labute approximate surface area is 98.0 Å². The van der Waals surface area contributed by atoms with Gasteiger partial charge in [-0.2, -0.15) is 13.2 Å². The fourth-order valence-corrected chi connectivity index (χ4v) is 1.06. The normalized spacial score (nSPS) is 12.6. The minimum absolute atomic E-state index is 0.0480. The van der Waals surface area contributed by atoms with E-state index in [1.54, 1.807) is 13.8 Å². The molecule has 1 N–H and O–H groups in total. The summed E-state index contributed by atoms with van der Waals surface area (Å²) in [5.74, 6) is 0.361. The summed E-state index contributed by atoms with van der Waals surface area (Å²) >= 11 is 0. The average Bonchev–Trinajstić information content (AvgIpc) is 2.26. The van der Waals surface area contributed by atoms with E-state index in [9.17, 15) is 13.2 Å². The van der Waals surface area contributed by atoms with Crippen LogP contribution in [0.25, 0.3) is 0 Å². The highest BCUT2D eigenvalue weighted by Crippen LogP contribution is 2.30. The second-order valence-corrected chi connectivity index (χ2v) is 4.63. The van der Waals surface area contributed by atoms with Crippen LogP contribution < -0.4 is 4.74 Å². The lowest BCUT2D eigenvalue weighted by Gasteiger charge is -2.21. The van der Waals surface area contributed by atoms with Crippen LogP contribution in [0, 0.1) is 5.41 Å². The number of rotatable bonds is 4. The molecule has 0 saturated heterocycles. The molecule has 0 bridgehead atoms. The van der Waals surface area contributed by atoms with Gasteiger partial charge < -0.3 is 9.84 Å². The molecule has 0 fully saturated rings. The van der Waals surface area contributed by atoms with E-state index < -0.39 is 17.2 Å². The lowest BCUT2D eigenvalue weighted by atomic mass is 9.96. The monoisotopic (exact) mass is 248 g/mol. The highest BCUT2D eigenvalue weighted by atomic mass is 19.4. The van der Waals surface area contributed by atoms with E-state index >= 15 is 0 Å². The van der Waals surface area contributed by atoms with Gasteiger partial charge in [-0.05, 0) is 24.3 Å². The van der Waals surface area contributed by atoms with Crippen LogP contribution >= 0.6 is 0 Å². The van der Waals surface area contributed by atoms with Crippen LogP contribution in [-0.4, -0.2) is 18.3 Å². The summed E-state index contributed by atoms with van der Waals surface area (Å²) in [5.41, 5.74) is -1.12. The van der Waals surface area contributed by atoms with E-state index in [0.717, 1.165) is 12.1 Å². The van der Waals surface area contributed by atoms with Crippen LogP contribution in [-0.2, 0) is 6.18 Å². The van der Waals surface area contributed by atoms with Crippen molar-refractivity contribution in [3.63, 3.8) is 0 Å². The molecular weight excluding hydrogens is 233 g/mol.